The van der Waals surface area contributed by atoms with Crippen molar-refractivity contribution in [2.75, 3.05) is 0 Å². The molecular formula is C10H9F6N. The maximum Gasteiger partial charge on any atom is 0.389 e. The van der Waals surface area contributed by atoms with E-state index in [1.54, 1.807) is 0 Å². The summed E-state index contributed by atoms with van der Waals surface area (Å²) in [7, 11) is 0. The van der Waals surface area contributed by atoms with Gasteiger partial charge in [-0.25, -0.2) is 13.2 Å². The fraction of sp³-hybridized carbons (Fsp3) is 0.400. The summed E-state index contributed by atoms with van der Waals surface area (Å²) in [5, 5.41) is 0. The van der Waals surface area contributed by atoms with Crippen LogP contribution in [0.5, 0.6) is 0 Å². The zero-order chi connectivity index (χ0) is 13.2. The van der Waals surface area contributed by atoms with Gasteiger partial charge in [0.05, 0.1) is 0 Å². The van der Waals surface area contributed by atoms with Crippen LogP contribution in [-0.2, 0) is 0 Å². The molecule has 0 aliphatic rings. The quantitative estimate of drug-likeness (QED) is 0.651. The van der Waals surface area contributed by atoms with E-state index in [2.05, 4.69) is 0 Å². The maximum absolute atomic E-state index is 13.2. The summed E-state index contributed by atoms with van der Waals surface area (Å²) in [5.74, 6) is -4.68. The molecule has 1 atom stereocenters. The van der Waals surface area contributed by atoms with E-state index in [-0.39, 0.29) is 0 Å². The molecular weight excluding hydrogens is 248 g/mol. The lowest BCUT2D eigenvalue weighted by Crippen LogP contribution is -2.17. The minimum atomic E-state index is -4.42. The molecule has 0 amide bonds. The number of hydrogen-bond donors (Lipinski definition) is 1. The fourth-order valence-corrected chi connectivity index (χ4v) is 1.30. The highest BCUT2D eigenvalue weighted by Gasteiger charge is 2.29. The van der Waals surface area contributed by atoms with E-state index in [0.29, 0.717) is 6.07 Å². The smallest absolute Gasteiger partial charge is 0.324 e. The predicted octanol–water partition coefficient (Wildman–Crippen LogP) is 3.45. The topological polar surface area (TPSA) is 26.0 Å². The van der Waals surface area contributed by atoms with Crippen LogP contribution in [0.4, 0.5) is 26.3 Å². The molecule has 0 aliphatic heterocycles. The monoisotopic (exact) mass is 257 g/mol. The van der Waals surface area contributed by atoms with Gasteiger partial charge in [-0.15, -0.1) is 0 Å². The predicted molar refractivity (Wildman–Crippen MR) is 48.5 cm³/mol. The molecule has 0 fully saturated rings. The highest BCUT2D eigenvalue weighted by Crippen LogP contribution is 2.28. The zero-order valence-corrected chi connectivity index (χ0v) is 8.49. The van der Waals surface area contributed by atoms with Crippen LogP contribution in [0.3, 0.4) is 0 Å². The molecule has 1 rings (SSSR count). The minimum absolute atomic E-state index is 0.465. The summed E-state index contributed by atoms with van der Waals surface area (Å²) in [4.78, 5) is 0. The highest BCUT2D eigenvalue weighted by atomic mass is 19.4. The molecule has 0 saturated heterocycles. The normalized spacial score (nSPS) is 13.8. The summed E-state index contributed by atoms with van der Waals surface area (Å²) < 4.78 is 74.2. The number of halogens is 6. The van der Waals surface area contributed by atoms with E-state index in [0.717, 1.165) is 6.07 Å². The van der Waals surface area contributed by atoms with E-state index < -0.39 is 48.1 Å². The van der Waals surface area contributed by atoms with Gasteiger partial charge < -0.3 is 5.73 Å². The molecule has 96 valence electrons. The van der Waals surface area contributed by atoms with E-state index in [1.165, 1.54) is 0 Å². The van der Waals surface area contributed by atoms with E-state index in [4.69, 9.17) is 5.73 Å². The van der Waals surface area contributed by atoms with Gasteiger partial charge in [-0.1, -0.05) is 6.07 Å². The molecule has 2 N–H and O–H groups in total. The second-order valence-corrected chi connectivity index (χ2v) is 3.52. The molecule has 1 aromatic carbocycles. The molecule has 0 bridgehead atoms. The largest absolute Gasteiger partial charge is 0.389 e. The molecule has 1 aromatic rings. The lowest BCUT2D eigenvalue weighted by atomic mass is 10.0. The third-order valence-corrected chi connectivity index (χ3v) is 2.20. The van der Waals surface area contributed by atoms with Crippen LogP contribution in [0, 0.1) is 17.5 Å². The SMILES string of the molecule is NC(CCC(F)(F)F)c1ccc(F)c(F)c1F. The van der Waals surface area contributed by atoms with Gasteiger partial charge in [0.25, 0.3) is 0 Å². The van der Waals surface area contributed by atoms with Crippen LogP contribution in [-0.4, -0.2) is 6.18 Å². The molecule has 0 radical (unpaired) electrons. The molecule has 0 spiro atoms. The molecule has 1 nitrogen and oxygen atoms in total. The Kier molecular flexibility index (Phi) is 4.03. The summed E-state index contributed by atoms with van der Waals surface area (Å²) in [6.07, 6.45) is -6.23. The molecule has 17 heavy (non-hydrogen) atoms. The number of rotatable bonds is 3. The van der Waals surface area contributed by atoms with Crippen molar-refractivity contribution >= 4 is 0 Å². The van der Waals surface area contributed by atoms with E-state index >= 15 is 0 Å². The average molecular weight is 257 g/mol. The van der Waals surface area contributed by atoms with Crippen molar-refractivity contribution < 1.29 is 26.3 Å². The van der Waals surface area contributed by atoms with E-state index in [1.807, 2.05) is 0 Å². The maximum atomic E-state index is 13.2. The van der Waals surface area contributed by atoms with Gasteiger partial charge in [-0.3, -0.25) is 0 Å². The first kappa shape index (κ1) is 13.8. The minimum Gasteiger partial charge on any atom is -0.324 e. The Morgan fingerprint density at radius 2 is 1.65 bits per heavy atom. The molecule has 0 heterocycles. The average Bonchev–Trinajstić information content (AvgIpc) is 2.22. The van der Waals surface area contributed by atoms with Gasteiger partial charge in [-0.05, 0) is 12.5 Å². The molecule has 7 heteroatoms. The van der Waals surface area contributed by atoms with Crippen LogP contribution >= 0.6 is 0 Å². The Morgan fingerprint density at radius 3 is 2.18 bits per heavy atom. The summed E-state index contributed by atoms with van der Waals surface area (Å²) >= 11 is 0. The Morgan fingerprint density at radius 1 is 1.06 bits per heavy atom. The fourth-order valence-electron chi connectivity index (χ4n) is 1.30. The Balaban J connectivity index is 2.83. The summed E-state index contributed by atoms with van der Waals surface area (Å²) in [6, 6.07) is 0.141. The first-order chi connectivity index (χ1) is 7.72. The van der Waals surface area contributed by atoms with Gasteiger partial charge >= 0.3 is 6.18 Å². The lowest BCUT2D eigenvalue weighted by molar-refractivity contribution is -0.136. The second kappa shape index (κ2) is 4.95. The number of nitrogens with two attached hydrogens (primary N) is 1. The zero-order valence-electron chi connectivity index (χ0n) is 8.49. The number of benzene rings is 1. The van der Waals surface area contributed by atoms with Gasteiger partial charge in [0, 0.05) is 18.0 Å². The van der Waals surface area contributed by atoms with Crippen molar-refractivity contribution in [3.05, 3.63) is 35.1 Å². The van der Waals surface area contributed by atoms with Crippen LogP contribution in [0.15, 0.2) is 12.1 Å². The van der Waals surface area contributed by atoms with Crippen molar-refractivity contribution in [1.82, 2.24) is 0 Å². The van der Waals surface area contributed by atoms with Crippen molar-refractivity contribution in [2.24, 2.45) is 5.73 Å². The van der Waals surface area contributed by atoms with Crippen molar-refractivity contribution in [3.8, 4) is 0 Å². The number of alkyl halides is 3. The highest BCUT2D eigenvalue weighted by molar-refractivity contribution is 5.23. The van der Waals surface area contributed by atoms with Crippen LogP contribution in [0.25, 0.3) is 0 Å². The van der Waals surface area contributed by atoms with Crippen LogP contribution in [0.1, 0.15) is 24.4 Å². The van der Waals surface area contributed by atoms with E-state index in [9.17, 15) is 26.3 Å². The van der Waals surface area contributed by atoms with Gasteiger partial charge in [0.1, 0.15) is 0 Å². The summed E-state index contributed by atoms with van der Waals surface area (Å²) in [5.41, 5.74) is 4.83. The van der Waals surface area contributed by atoms with Gasteiger partial charge in [0.2, 0.25) is 0 Å². The third-order valence-electron chi connectivity index (χ3n) is 2.20. The second-order valence-electron chi connectivity index (χ2n) is 3.52. The van der Waals surface area contributed by atoms with Crippen LogP contribution < -0.4 is 5.73 Å². The Hall–Kier alpha value is -1.24. The first-order valence-corrected chi connectivity index (χ1v) is 4.68. The van der Waals surface area contributed by atoms with Crippen molar-refractivity contribution in [1.29, 1.82) is 0 Å². The molecule has 0 aliphatic carbocycles. The Labute approximate surface area is 93.2 Å². The molecule has 0 saturated carbocycles. The van der Waals surface area contributed by atoms with Gasteiger partial charge in [0.15, 0.2) is 17.5 Å². The van der Waals surface area contributed by atoms with Crippen molar-refractivity contribution in [3.63, 3.8) is 0 Å². The Bertz CT molecular complexity index is 401. The summed E-state index contributed by atoms with van der Waals surface area (Å²) in [6.45, 7) is 0. The van der Waals surface area contributed by atoms with Crippen molar-refractivity contribution in [2.45, 2.75) is 25.1 Å². The first-order valence-electron chi connectivity index (χ1n) is 4.68. The third kappa shape index (κ3) is 3.62. The lowest BCUT2D eigenvalue weighted by Gasteiger charge is -2.14. The van der Waals surface area contributed by atoms with Crippen LogP contribution in [0.2, 0.25) is 0 Å². The standard InChI is InChI=1S/C10H9F6N/c11-6-2-1-5(8(12)9(6)13)7(17)3-4-10(14,15)16/h1-2,7H,3-4,17H2. The molecule has 1 unspecified atom stereocenters. The van der Waals surface area contributed by atoms with Gasteiger partial charge in [-0.2, -0.15) is 13.2 Å². The molecule has 0 aromatic heterocycles. The number of hydrogen-bond acceptors (Lipinski definition) is 1.